The summed E-state index contributed by atoms with van der Waals surface area (Å²) in [5, 5.41) is 2.57. The fourth-order valence-corrected chi connectivity index (χ4v) is 3.54. The number of nitrogens with zero attached hydrogens (tertiary/aromatic N) is 2. The summed E-state index contributed by atoms with van der Waals surface area (Å²) in [5.41, 5.74) is 0.518. The Morgan fingerprint density at radius 3 is 2.28 bits per heavy atom. The van der Waals surface area contributed by atoms with E-state index in [2.05, 4.69) is 20.0 Å². The van der Waals surface area contributed by atoms with Gasteiger partial charge in [0.15, 0.2) is 6.10 Å². The molecule has 0 bridgehead atoms. The number of hydrogen-bond acceptors (Lipinski definition) is 8. The predicted molar refractivity (Wildman–Crippen MR) is 116 cm³/mol. The minimum absolute atomic E-state index is 0.0430. The van der Waals surface area contributed by atoms with Gasteiger partial charge in [0.2, 0.25) is 5.95 Å². The van der Waals surface area contributed by atoms with Crippen molar-refractivity contribution in [1.29, 1.82) is 0 Å². The first-order valence-corrected chi connectivity index (χ1v) is 10.8. The van der Waals surface area contributed by atoms with Crippen molar-refractivity contribution in [2.75, 3.05) is 17.1 Å². The van der Waals surface area contributed by atoms with Gasteiger partial charge in [0.25, 0.3) is 15.9 Å². The summed E-state index contributed by atoms with van der Waals surface area (Å²) in [6, 6.07) is 13.5. The summed E-state index contributed by atoms with van der Waals surface area (Å²) in [7, 11) is -2.47. The molecular weight excluding hydrogens is 436 g/mol. The molecule has 0 saturated carbocycles. The van der Waals surface area contributed by atoms with Crippen LogP contribution in [0.5, 0.6) is 5.75 Å². The zero-order valence-electron chi connectivity index (χ0n) is 17.2. The summed E-state index contributed by atoms with van der Waals surface area (Å²) in [5.74, 6) is -1.02. The van der Waals surface area contributed by atoms with Crippen LogP contribution in [0.1, 0.15) is 17.3 Å². The minimum Gasteiger partial charge on any atom is -0.496 e. The van der Waals surface area contributed by atoms with E-state index < -0.39 is 28.0 Å². The number of sulfonamides is 1. The van der Waals surface area contributed by atoms with Crippen LogP contribution in [0.3, 0.4) is 0 Å². The summed E-state index contributed by atoms with van der Waals surface area (Å²) in [6.45, 7) is 1.42. The second-order valence-corrected chi connectivity index (χ2v) is 8.12. The van der Waals surface area contributed by atoms with E-state index in [0.717, 1.165) is 0 Å². The summed E-state index contributed by atoms with van der Waals surface area (Å²) in [6.07, 6.45) is 1.71. The van der Waals surface area contributed by atoms with Crippen LogP contribution in [-0.2, 0) is 19.6 Å². The van der Waals surface area contributed by atoms with Gasteiger partial charge in [-0.3, -0.25) is 4.79 Å². The number of carbonyl (C=O) groups is 2. The molecule has 1 aromatic heterocycles. The molecule has 0 aliphatic heterocycles. The van der Waals surface area contributed by atoms with Crippen molar-refractivity contribution in [2.45, 2.75) is 17.9 Å². The molecule has 0 aliphatic rings. The normalized spacial score (nSPS) is 11.8. The highest BCUT2D eigenvalue weighted by Gasteiger charge is 2.22. The third-order valence-electron chi connectivity index (χ3n) is 4.20. The van der Waals surface area contributed by atoms with Crippen LogP contribution in [0.25, 0.3) is 0 Å². The Morgan fingerprint density at radius 2 is 1.62 bits per heavy atom. The van der Waals surface area contributed by atoms with Gasteiger partial charge in [-0.1, -0.05) is 12.1 Å². The van der Waals surface area contributed by atoms with Crippen LogP contribution >= 0.6 is 0 Å². The van der Waals surface area contributed by atoms with E-state index in [1.807, 2.05) is 0 Å². The Morgan fingerprint density at radius 1 is 0.969 bits per heavy atom. The van der Waals surface area contributed by atoms with E-state index in [1.165, 1.54) is 56.8 Å². The van der Waals surface area contributed by atoms with Gasteiger partial charge in [0.1, 0.15) is 11.3 Å². The predicted octanol–water partition coefficient (Wildman–Crippen LogP) is 2.47. The standard InChI is InChI=1S/C21H20N4O6S/c1-14(31-20(27)17-6-3-4-7-18(17)30-2)19(26)24-15-8-10-16(11-9-15)32(28,29)25-21-22-12-5-13-23-21/h3-14H,1-2H3,(H,24,26)(H,22,23,25)/t14-/m1/s1. The number of nitrogens with one attached hydrogen (secondary N) is 2. The molecular formula is C21H20N4O6S. The Labute approximate surface area is 184 Å². The molecule has 0 saturated heterocycles. The minimum atomic E-state index is -3.90. The van der Waals surface area contributed by atoms with E-state index >= 15 is 0 Å². The lowest BCUT2D eigenvalue weighted by Gasteiger charge is -2.15. The molecule has 0 radical (unpaired) electrons. The van der Waals surface area contributed by atoms with Gasteiger partial charge >= 0.3 is 5.97 Å². The number of benzene rings is 2. The molecule has 11 heteroatoms. The van der Waals surface area contributed by atoms with Gasteiger partial charge in [-0.15, -0.1) is 0 Å². The van der Waals surface area contributed by atoms with E-state index in [1.54, 1.807) is 24.3 Å². The molecule has 166 valence electrons. The zero-order chi connectivity index (χ0) is 23.1. The van der Waals surface area contributed by atoms with Crippen molar-refractivity contribution in [3.05, 3.63) is 72.6 Å². The average Bonchev–Trinajstić information content (AvgIpc) is 2.79. The molecule has 2 aromatic carbocycles. The highest BCUT2D eigenvalue weighted by Crippen LogP contribution is 2.20. The molecule has 0 aliphatic carbocycles. The number of ether oxygens (including phenoxy) is 2. The second-order valence-electron chi connectivity index (χ2n) is 6.44. The monoisotopic (exact) mass is 456 g/mol. The first kappa shape index (κ1) is 22.7. The van der Waals surface area contributed by atoms with Gasteiger partial charge in [0.05, 0.1) is 12.0 Å². The largest absolute Gasteiger partial charge is 0.496 e. The second kappa shape index (κ2) is 9.88. The van der Waals surface area contributed by atoms with Crippen LogP contribution in [0.15, 0.2) is 71.9 Å². The van der Waals surface area contributed by atoms with Crippen molar-refractivity contribution >= 4 is 33.5 Å². The van der Waals surface area contributed by atoms with Crippen LogP contribution in [0, 0.1) is 0 Å². The molecule has 2 N–H and O–H groups in total. The first-order chi connectivity index (χ1) is 15.3. The molecule has 1 atom stereocenters. The number of carbonyl (C=O) groups excluding carboxylic acids is 2. The van der Waals surface area contributed by atoms with E-state index in [4.69, 9.17) is 9.47 Å². The van der Waals surface area contributed by atoms with Crippen molar-refractivity contribution in [1.82, 2.24) is 9.97 Å². The third-order valence-corrected chi connectivity index (χ3v) is 5.55. The molecule has 32 heavy (non-hydrogen) atoms. The Bertz CT molecular complexity index is 1200. The van der Waals surface area contributed by atoms with Gasteiger partial charge < -0.3 is 14.8 Å². The maximum Gasteiger partial charge on any atom is 0.342 e. The number of anilines is 2. The van der Waals surface area contributed by atoms with Crippen molar-refractivity contribution in [3.63, 3.8) is 0 Å². The Hall–Kier alpha value is -3.99. The number of rotatable bonds is 8. The van der Waals surface area contributed by atoms with Crippen LogP contribution in [0.2, 0.25) is 0 Å². The number of methoxy groups -OCH3 is 1. The number of aromatic nitrogens is 2. The molecule has 0 fully saturated rings. The van der Waals surface area contributed by atoms with Gasteiger partial charge in [-0.05, 0) is 49.4 Å². The van der Waals surface area contributed by atoms with Gasteiger partial charge in [0, 0.05) is 18.1 Å². The third kappa shape index (κ3) is 5.58. The molecule has 1 heterocycles. The van der Waals surface area contributed by atoms with Gasteiger partial charge in [-0.2, -0.15) is 0 Å². The van der Waals surface area contributed by atoms with Crippen LogP contribution < -0.4 is 14.8 Å². The molecule has 0 spiro atoms. The molecule has 1 amide bonds. The Balaban J connectivity index is 1.62. The van der Waals surface area contributed by atoms with Gasteiger partial charge in [-0.25, -0.2) is 27.9 Å². The summed E-state index contributed by atoms with van der Waals surface area (Å²) in [4.78, 5) is 32.3. The van der Waals surface area contributed by atoms with Crippen LogP contribution in [0.4, 0.5) is 11.6 Å². The number of esters is 1. The number of para-hydroxylation sites is 1. The topological polar surface area (TPSA) is 137 Å². The first-order valence-electron chi connectivity index (χ1n) is 9.35. The van der Waals surface area contributed by atoms with Crippen molar-refractivity contribution < 1.29 is 27.5 Å². The highest BCUT2D eigenvalue weighted by atomic mass is 32.2. The molecule has 3 rings (SSSR count). The summed E-state index contributed by atoms with van der Waals surface area (Å²) >= 11 is 0. The lowest BCUT2D eigenvalue weighted by atomic mass is 10.2. The van der Waals surface area contributed by atoms with Crippen LogP contribution in [-0.4, -0.2) is 43.5 Å². The van der Waals surface area contributed by atoms with E-state index in [9.17, 15) is 18.0 Å². The van der Waals surface area contributed by atoms with E-state index in [-0.39, 0.29) is 16.4 Å². The number of amides is 1. The smallest absolute Gasteiger partial charge is 0.342 e. The zero-order valence-corrected chi connectivity index (χ0v) is 18.0. The molecule has 3 aromatic rings. The maximum atomic E-state index is 12.4. The lowest BCUT2D eigenvalue weighted by molar-refractivity contribution is -0.123. The molecule has 0 unspecified atom stereocenters. The fourth-order valence-electron chi connectivity index (χ4n) is 2.58. The number of hydrogen-bond donors (Lipinski definition) is 2. The van der Waals surface area contributed by atoms with Crippen molar-refractivity contribution in [2.24, 2.45) is 0 Å². The van der Waals surface area contributed by atoms with E-state index in [0.29, 0.717) is 11.4 Å². The highest BCUT2D eigenvalue weighted by molar-refractivity contribution is 7.92. The fraction of sp³-hybridized carbons (Fsp3) is 0.143. The quantitative estimate of drug-likeness (QED) is 0.493. The lowest BCUT2D eigenvalue weighted by Crippen LogP contribution is -2.30. The Kier molecular flexibility index (Phi) is 7.00. The maximum absolute atomic E-state index is 12.4. The average molecular weight is 456 g/mol. The van der Waals surface area contributed by atoms with Crippen molar-refractivity contribution in [3.8, 4) is 5.75 Å². The summed E-state index contributed by atoms with van der Waals surface area (Å²) < 4.78 is 37.4. The SMILES string of the molecule is COc1ccccc1C(=O)O[C@H](C)C(=O)Nc1ccc(S(=O)(=O)Nc2ncccn2)cc1. The molecule has 10 nitrogen and oxygen atoms in total.